The van der Waals surface area contributed by atoms with E-state index in [0.29, 0.717) is 28.0 Å². The Morgan fingerprint density at radius 2 is 1.52 bits per heavy atom. The molecule has 2 aliphatic heterocycles. The summed E-state index contributed by atoms with van der Waals surface area (Å²) in [6.07, 6.45) is 3.57. The van der Waals surface area contributed by atoms with Crippen molar-refractivity contribution < 1.29 is 66.0 Å². The van der Waals surface area contributed by atoms with Gasteiger partial charge in [0.2, 0.25) is 0 Å². The first-order chi connectivity index (χ1) is 32.1. The van der Waals surface area contributed by atoms with Crippen LogP contribution in [-0.2, 0) is 51.9 Å². The van der Waals surface area contributed by atoms with Gasteiger partial charge in [0.25, 0.3) is 11.8 Å². The number of hydrogen-bond acceptors (Lipinski definition) is 14. The van der Waals surface area contributed by atoms with Crippen LogP contribution in [0.4, 0.5) is 5.13 Å². The molecule has 4 aromatic carbocycles. The highest BCUT2D eigenvalue weighted by atomic mass is 127. The van der Waals surface area contributed by atoms with Gasteiger partial charge in [-0.1, -0.05) is 103 Å². The number of methoxy groups -OCH3 is 1. The number of benzene rings is 4. The van der Waals surface area contributed by atoms with Gasteiger partial charge in [0, 0.05) is 43.0 Å². The van der Waals surface area contributed by atoms with E-state index in [-0.39, 0.29) is 47.5 Å². The Morgan fingerprint density at radius 3 is 2.09 bits per heavy atom. The molecule has 1 saturated heterocycles. The van der Waals surface area contributed by atoms with Crippen molar-refractivity contribution >= 4 is 70.9 Å². The SMILES string of the molecule is COc1ccc(COC(=O)C2=C(CSc3nccc[n+]3C)CS[C@@H]3[C@H](NC(=O)/C(=C\P(=O)(OC)OC)c4csc(NC(c5ccccc5)(c5ccccc5)c5ccccc5)n4)C(=O)N23)cc1.[I-]. The van der Waals surface area contributed by atoms with Gasteiger partial charge in [-0.3, -0.25) is 19.1 Å². The molecular formula is C48H46IN6O8PS3. The minimum atomic E-state index is -3.98. The zero-order chi connectivity index (χ0) is 46.3. The Kier molecular flexibility index (Phi) is 16.4. The molecule has 0 radical (unpaired) electrons. The van der Waals surface area contributed by atoms with E-state index in [1.165, 1.54) is 54.0 Å². The molecule has 19 heteroatoms. The third-order valence-corrected chi connectivity index (χ3v) is 15.9. The first-order valence-electron chi connectivity index (χ1n) is 20.6. The Bertz CT molecular complexity index is 2720. The first kappa shape index (κ1) is 49.6. The molecule has 8 rings (SSSR count). The number of esters is 1. The summed E-state index contributed by atoms with van der Waals surface area (Å²) in [5, 5.41) is 8.77. The Morgan fingerprint density at radius 1 is 0.910 bits per heavy atom. The summed E-state index contributed by atoms with van der Waals surface area (Å²) in [4.78, 5) is 53.6. The lowest BCUT2D eigenvalue weighted by Crippen LogP contribution is -3.00. The molecule has 0 saturated carbocycles. The third-order valence-electron chi connectivity index (χ3n) is 11.0. The quantitative estimate of drug-likeness (QED) is 0.0139. The smallest absolute Gasteiger partial charge is 0.359 e. The Hall–Kier alpha value is -5.34. The van der Waals surface area contributed by atoms with Crippen molar-refractivity contribution in [2.45, 2.75) is 28.7 Å². The maximum atomic E-state index is 14.5. The molecule has 0 unspecified atom stereocenters. The fourth-order valence-corrected chi connectivity index (χ4v) is 11.7. The van der Waals surface area contributed by atoms with Crippen LogP contribution in [0.5, 0.6) is 5.75 Å². The van der Waals surface area contributed by atoms with E-state index < -0.39 is 42.3 Å². The number of thioether (sulfide) groups is 2. The summed E-state index contributed by atoms with van der Waals surface area (Å²) in [7, 11) is 1.90. The molecule has 4 heterocycles. The normalized spacial score (nSPS) is 16.0. The lowest BCUT2D eigenvalue weighted by atomic mass is 9.77. The zero-order valence-corrected chi connectivity index (χ0v) is 42.2. The summed E-state index contributed by atoms with van der Waals surface area (Å²) < 4.78 is 37.2. The van der Waals surface area contributed by atoms with Gasteiger partial charge < -0.3 is 53.1 Å². The molecule has 2 atom stereocenters. The molecule has 1 fully saturated rings. The zero-order valence-electron chi connectivity index (χ0n) is 36.7. The molecule has 67 heavy (non-hydrogen) atoms. The van der Waals surface area contributed by atoms with Crippen LogP contribution < -0.4 is 43.9 Å². The summed E-state index contributed by atoms with van der Waals surface area (Å²) in [5.74, 6) is 0.583. The number of amides is 2. The second-order valence-electron chi connectivity index (χ2n) is 15.0. The van der Waals surface area contributed by atoms with Crippen molar-refractivity contribution in [3.63, 3.8) is 0 Å². The fourth-order valence-electron chi connectivity index (χ4n) is 7.64. The standard InChI is InChI=1S/C48H45N6O8PS3.HI/c1-53-26-14-25-49-47(53)66-30-33-29-64-44-40(43(56)54(44)41(33)45(57)62-27-32-21-23-37(59-2)24-22-32)51-42(55)38(28-63(58,60-3)61-4)39-31-65-46(50-39)52-48(34-15-8-5-9-16-34,35-17-10-6-11-18-35)36-19-12-7-13-20-36;/h5-26,28,31,40,44H,27,29-30H2,1-4H3,(H-,50,51,52,55);1H/b38-28-;/t40-,44-;/m1./s1. The second-order valence-corrected chi connectivity index (χ2v) is 20.0. The van der Waals surface area contributed by atoms with Gasteiger partial charge in [0.05, 0.1) is 31.6 Å². The van der Waals surface area contributed by atoms with Crippen LogP contribution in [0.2, 0.25) is 0 Å². The van der Waals surface area contributed by atoms with E-state index in [1.807, 2.05) is 115 Å². The minimum absolute atomic E-state index is 0. The van der Waals surface area contributed by atoms with Gasteiger partial charge in [-0.25, -0.2) is 14.3 Å². The molecule has 2 aliphatic rings. The number of carbonyl (C=O) groups is 3. The first-order valence-corrected chi connectivity index (χ1v) is 25.2. The number of hydrogen-bond donors (Lipinski definition) is 2. The van der Waals surface area contributed by atoms with Gasteiger partial charge in [-0.05, 0) is 56.7 Å². The highest BCUT2D eigenvalue weighted by Crippen LogP contribution is 2.51. The van der Waals surface area contributed by atoms with Crippen LogP contribution in [0.1, 0.15) is 27.9 Å². The number of fused-ring (bicyclic) bond motifs is 1. The highest BCUT2D eigenvalue weighted by Gasteiger charge is 2.55. The van der Waals surface area contributed by atoms with E-state index in [1.54, 1.807) is 43.0 Å². The monoisotopic (exact) mass is 1090 g/mol. The maximum Gasteiger partial charge on any atom is 0.359 e. The van der Waals surface area contributed by atoms with Gasteiger partial charge in [-0.15, -0.1) is 23.1 Å². The molecule has 0 aliphatic carbocycles. The van der Waals surface area contributed by atoms with Crippen LogP contribution in [0, 0.1) is 0 Å². The van der Waals surface area contributed by atoms with E-state index in [4.69, 9.17) is 23.5 Å². The number of nitrogens with one attached hydrogen (secondary N) is 2. The number of thiazole rings is 1. The van der Waals surface area contributed by atoms with E-state index >= 15 is 0 Å². The number of anilines is 1. The van der Waals surface area contributed by atoms with Gasteiger partial charge in [0.1, 0.15) is 41.2 Å². The molecule has 2 amide bonds. The predicted octanol–water partition coefficient (Wildman–Crippen LogP) is 4.80. The average Bonchev–Trinajstić information content (AvgIpc) is 3.84. The van der Waals surface area contributed by atoms with Gasteiger partial charge in [-0.2, -0.15) is 0 Å². The van der Waals surface area contributed by atoms with Crippen LogP contribution in [0.15, 0.2) is 161 Å². The largest absolute Gasteiger partial charge is 1.00 e. The van der Waals surface area contributed by atoms with Gasteiger partial charge >= 0.3 is 18.7 Å². The van der Waals surface area contributed by atoms with Crippen LogP contribution in [-0.4, -0.2) is 76.9 Å². The summed E-state index contributed by atoms with van der Waals surface area (Å²) in [6, 6.07) is 37.9. The highest BCUT2D eigenvalue weighted by molar-refractivity contribution is 8.01. The summed E-state index contributed by atoms with van der Waals surface area (Å²) >= 11 is 4.09. The Balaban J connectivity index is 0.00000666. The molecule has 346 valence electrons. The maximum absolute atomic E-state index is 14.5. The topological polar surface area (TPSA) is 162 Å². The van der Waals surface area contributed by atoms with Crippen molar-refractivity contribution in [3.05, 3.63) is 184 Å². The molecule has 0 bridgehead atoms. The number of halogens is 1. The molecule has 6 aromatic rings. The van der Waals surface area contributed by atoms with Crippen molar-refractivity contribution in [2.24, 2.45) is 7.05 Å². The number of carbonyl (C=O) groups excluding carboxylic acids is 3. The van der Waals surface area contributed by atoms with Crippen molar-refractivity contribution in [1.29, 1.82) is 0 Å². The number of aromatic nitrogens is 3. The number of rotatable bonds is 18. The van der Waals surface area contributed by atoms with E-state index in [2.05, 4.69) is 15.6 Å². The molecular weight excluding hydrogens is 1040 g/mol. The minimum Gasteiger partial charge on any atom is -1.00 e. The van der Waals surface area contributed by atoms with Crippen LogP contribution >= 0.6 is 42.5 Å². The second kappa shape index (κ2) is 22.2. The Labute approximate surface area is 418 Å². The van der Waals surface area contributed by atoms with Crippen LogP contribution in [0.3, 0.4) is 0 Å². The van der Waals surface area contributed by atoms with Crippen molar-refractivity contribution in [2.75, 3.05) is 38.2 Å². The van der Waals surface area contributed by atoms with E-state index in [9.17, 15) is 18.9 Å². The fraction of sp³-hybridized carbons (Fsp3) is 0.208. The number of ether oxygens (including phenoxy) is 2. The van der Waals surface area contributed by atoms with Crippen molar-refractivity contribution in [1.82, 2.24) is 20.2 Å². The lowest BCUT2D eigenvalue weighted by molar-refractivity contribution is -0.713. The summed E-state index contributed by atoms with van der Waals surface area (Å²) in [6.45, 7) is -0.0389. The third kappa shape index (κ3) is 10.7. The summed E-state index contributed by atoms with van der Waals surface area (Å²) in [5.41, 5.74) is 3.50. The number of aryl methyl sites for hydroxylation is 1. The van der Waals surface area contributed by atoms with Crippen LogP contribution in [0.25, 0.3) is 5.57 Å². The molecule has 0 spiro atoms. The molecule has 2 aromatic heterocycles. The van der Waals surface area contributed by atoms with Gasteiger partial charge in [0.15, 0.2) is 5.13 Å². The van der Waals surface area contributed by atoms with E-state index in [0.717, 1.165) is 33.2 Å². The number of nitrogens with zero attached hydrogens (tertiary/aromatic N) is 4. The lowest BCUT2D eigenvalue weighted by Gasteiger charge is -2.49. The predicted molar refractivity (Wildman–Crippen MR) is 256 cm³/mol. The molecule has 2 N–H and O–H groups in total. The van der Waals surface area contributed by atoms with Crippen molar-refractivity contribution in [3.8, 4) is 5.75 Å². The molecule has 14 nitrogen and oxygen atoms in total. The average molecular weight is 1090 g/mol. The number of β-lactam (4-membered cyclic amide) rings is 1.